The van der Waals surface area contributed by atoms with Crippen LogP contribution in [0.25, 0.3) is 10.8 Å². The Morgan fingerprint density at radius 1 is 1.28 bits per heavy atom. The molecule has 1 aromatic carbocycles. The van der Waals surface area contributed by atoms with E-state index in [9.17, 15) is 4.79 Å². The van der Waals surface area contributed by atoms with E-state index in [2.05, 4.69) is 15.3 Å². The minimum absolute atomic E-state index is 0.0396. The van der Waals surface area contributed by atoms with Crippen molar-refractivity contribution >= 4 is 22.5 Å². The molecule has 90 valence electrons. The maximum absolute atomic E-state index is 11.7. The summed E-state index contributed by atoms with van der Waals surface area (Å²) in [5, 5.41) is 4.92. The number of hydrogen-bond acceptors (Lipinski definition) is 3. The fourth-order valence-corrected chi connectivity index (χ4v) is 2.15. The van der Waals surface area contributed by atoms with Gasteiger partial charge < -0.3 is 5.32 Å². The molecule has 0 spiro atoms. The highest BCUT2D eigenvalue weighted by Crippen LogP contribution is 2.18. The molecular formula is C14H13N3O. The predicted octanol–water partition coefficient (Wildman–Crippen LogP) is 1.89. The van der Waals surface area contributed by atoms with Gasteiger partial charge in [0.1, 0.15) is 11.7 Å². The van der Waals surface area contributed by atoms with Gasteiger partial charge in [-0.1, -0.05) is 31.2 Å². The third-order valence-electron chi connectivity index (χ3n) is 3.11. The number of benzene rings is 1. The van der Waals surface area contributed by atoms with Gasteiger partial charge in [0.15, 0.2) is 5.84 Å². The van der Waals surface area contributed by atoms with Crippen LogP contribution in [-0.4, -0.2) is 22.8 Å². The van der Waals surface area contributed by atoms with Gasteiger partial charge in [-0.2, -0.15) is 0 Å². The van der Waals surface area contributed by atoms with Crippen molar-refractivity contribution in [2.45, 2.75) is 19.4 Å². The van der Waals surface area contributed by atoms with Crippen molar-refractivity contribution in [3.8, 4) is 0 Å². The van der Waals surface area contributed by atoms with Gasteiger partial charge in [0.05, 0.1) is 0 Å². The van der Waals surface area contributed by atoms with Crippen molar-refractivity contribution in [1.82, 2.24) is 10.3 Å². The van der Waals surface area contributed by atoms with E-state index in [-0.39, 0.29) is 11.9 Å². The van der Waals surface area contributed by atoms with E-state index in [0.717, 1.165) is 16.5 Å². The Morgan fingerprint density at radius 3 is 2.89 bits per heavy atom. The number of pyridine rings is 1. The summed E-state index contributed by atoms with van der Waals surface area (Å²) in [4.78, 5) is 20.4. The molecule has 2 heterocycles. The summed E-state index contributed by atoms with van der Waals surface area (Å²) < 4.78 is 0. The van der Waals surface area contributed by atoms with Crippen molar-refractivity contribution < 1.29 is 4.79 Å². The van der Waals surface area contributed by atoms with Gasteiger partial charge in [0.2, 0.25) is 5.91 Å². The smallest absolute Gasteiger partial charge is 0.250 e. The number of carbonyl (C=O) groups is 1. The molecule has 4 heteroatoms. The first-order valence-electron chi connectivity index (χ1n) is 6.02. The first kappa shape index (κ1) is 10.9. The van der Waals surface area contributed by atoms with Crippen LogP contribution < -0.4 is 5.32 Å². The topological polar surface area (TPSA) is 54.4 Å². The van der Waals surface area contributed by atoms with Crippen molar-refractivity contribution in [2.75, 3.05) is 0 Å². The molecule has 0 saturated heterocycles. The molecule has 0 fully saturated rings. The van der Waals surface area contributed by atoms with Gasteiger partial charge in [0, 0.05) is 11.6 Å². The summed E-state index contributed by atoms with van der Waals surface area (Å²) in [5.41, 5.74) is 0.748. The van der Waals surface area contributed by atoms with E-state index in [4.69, 9.17) is 0 Å². The summed E-state index contributed by atoms with van der Waals surface area (Å²) in [6, 6.07) is 9.63. The number of rotatable bonds is 2. The molecule has 0 bridgehead atoms. The second kappa shape index (κ2) is 4.22. The zero-order valence-corrected chi connectivity index (χ0v) is 10.1. The van der Waals surface area contributed by atoms with Crippen LogP contribution in [0.5, 0.6) is 0 Å². The molecule has 3 rings (SSSR count). The summed E-state index contributed by atoms with van der Waals surface area (Å²) in [5.74, 6) is 0.547. The number of carbonyl (C=O) groups excluding carboxylic acids is 1. The predicted molar refractivity (Wildman–Crippen MR) is 70.5 cm³/mol. The Morgan fingerprint density at radius 2 is 2.11 bits per heavy atom. The lowest BCUT2D eigenvalue weighted by Gasteiger charge is -2.04. The van der Waals surface area contributed by atoms with Crippen molar-refractivity contribution in [3.63, 3.8) is 0 Å². The van der Waals surface area contributed by atoms with E-state index in [1.165, 1.54) is 0 Å². The quantitative estimate of drug-likeness (QED) is 0.870. The molecule has 1 N–H and O–H groups in total. The van der Waals surface area contributed by atoms with Gasteiger partial charge in [-0.3, -0.25) is 14.8 Å². The van der Waals surface area contributed by atoms with Gasteiger partial charge in [-0.05, 0) is 17.9 Å². The number of hydrogen-bond donors (Lipinski definition) is 1. The zero-order valence-electron chi connectivity index (χ0n) is 10.1. The normalized spacial score (nSPS) is 18.8. The zero-order chi connectivity index (χ0) is 12.5. The van der Waals surface area contributed by atoms with Crippen LogP contribution in [0.15, 0.2) is 41.5 Å². The number of aromatic nitrogens is 1. The molecule has 1 aliphatic heterocycles. The second-order valence-corrected chi connectivity index (χ2v) is 4.27. The lowest BCUT2D eigenvalue weighted by molar-refractivity contribution is -0.120. The van der Waals surface area contributed by atoms with E-state index in [0.29, 0.717) is 12.3 Å². The highest BCUT2D eigenvalue weighted by Gasteiger charge is 2.26. The lowest BCUT2D eigenvalue weighted by Crippen LogP contribution is -2.29. The van der Waals surface area contributed by atoms with Gasteiger partial charge >= 0.3 is 0 Å². The molecule has 2 aromatic rings. The summed E-state index contributed by atoms with van der Waals surface area (Å²) in [7, 11) is 0. The highest BCUT2D eigenvalue weighted by molar-refractivity contribution is 6.17. The van der Waals surface area contributed by atoms with Gasteiger partial charge in [0.25, 0.3) is 0 Å². The van der Waals surface area contributed by atoms with E-state index >= 15 is 0 Å². The average molecular weight is 239 g/mol. The van der Waals surface area contributed by atoms with Gasteiger partial charge in [-0.25, -0.2) is 0 Å². The van der Waals surface area contributed by atoms with Crippen LogP contribution in [0.2, 0.25) is 0 Å². The highest BCUT2D eigenvalue weighted by atomic mass is 16.2. The van der Waals surface area contributed by atoms with Gasteiger partial charge in [-0.15, -0.1) is 0 Å². The first-order valence-corrected chi connectivity index (χ1v) is 6.02. The van der Waals surface area contributed by atoms with E-state index in [1.54, 1.807) is 6.20 Å². The average Bonchev–Trinajstić information content (AvgIpc) is 2.79. The van der Waals surface area contributed by atoms with Crippen molar-refractivity contribution in [3.05, 3.63) is 42.2 Å². The first-order chi connectivity index (χ1) is 8.79. The van der Waals surface area contributed by atoms with Crippen LogP contribution in [0, 0.1) is 0 Å². The van der Waals surface area contributed by atoms with Crippen LogP contribution in [0.1, 0.15) is 19.0 Å². The number of fused-ring (bicyclic) bond motifs is 1. The molecule has 1 unspecified atom stereocenters. The second-order valence-electron chi connectivity index (χ2n) is 4.27. The molecule has 1 aliphatic rings. The number of nitrogens with zero attached hydrogens (tertiary/aromatic N) is 2. The molecule has 1 atom stereocenters. The van der Waals surface area contributed by atoms with Crippen LogP contribution in [0.3, 0.4) is 0 Å². The third-order valence-corrected chi connectivity index (χ3v) is 3.11. The molecule has 0 radical (unpaired) electrons. The minimum atomic E-state index is -0.277. The number of amidine groups is 1. The Hall–Kier alpha value is -2.23. The maximum atomic E-state index is 11.7. The third kappa shape index (κ3) is 1.66. The van der Waals surface area contributed by atoms with E-state index < -0.39 is 0 Å². The molecule has 1 aromatic heterocycles. The number of amides is 1. The number of nitrogens with one attached hydrogen (secondary N) is 1. The van der Waals surface area contributed by atoms with Crippen molar-refractivity contribution in [2.24, 2.45) is 4.99 Å². The molecule has 0 saturated carbocycles. The Bertz CT molecular complexity index is 643. The standard InChI is InChI=1S/C14H13N3O/c1-2-11-14(18)17-13(16-11)12-10-6-4-3-5-9(10)7-8-15-12/h3-8,11H,2H2,1H3,(H,16,17,18). The largest absolute Gasteiger partial charge is 0.307 e. The van der Waals surface area contributed by atoms with Crippen LogP contribution in [-0.2, 0) is 4.79 Å². The fraction of sp³-hybridized carbons (Fsp3) is 0.214. The summed E-state index contributed by atoms with van der Waals surface area (Å²) in [6.07, 6.45) is 2.45. The van der Waals surface area contributed by atoms with Crippen LogP contribution >= 0.6 is 0 Å². The lowest BCUT2D eigenvalue weighted by atomic mass is 10.1. The Labute approximate surface area is 105 Å². The molecule has 0 aliphatic carbocycles. The maximum Gasteiger partial charge on any atom is 0.250 e. The minimum Gasteiger partial charge on any atom is -0.307 e. The van der Waals surface area contributed by atoms with Crippen LogP contribution in [0.4, 0.5) is 0 Å². The molecule has 4 nitrogen and oxygen atoms in total. The fourth-order valence-electron chi connectivity index (χ4n) is 2.15. The Balaban J connectivity index is 2.13. The molecule has 1 amide bonds. The molecule has 18 heavy (non-hydrogen) atoms. The van der Waals surface area contributed by atoms with E-state index in [1.807, 2.05) is 37.3 Å². The number of aliphatic imine (C=N–C) groups is 1. The molecular weight excluding hydrogens is 226 g/mol. The monoisotopic (exact) mass is 239 g/mol. The summed E-state index contributed by atoms with van der Waals surface area (Å²) in [6.45, 7) is 1.95. The van der Waals surface area contributed by atoms with Crippen molar-refractivity contribution in [1.29, 1.82) is 0 Å². The summed E-state index contributed by atoms with van der Waals surface area (Å²) >= 11 is 0. The SMILES string of the molecule is CCC1N=C(c2nccc3ccccc23)NC1=O. The Kier molecular flexibility index (Phi) is 2.55.